The van der Waals surface area contributed by atoms with Crippen molar-refractivity contribution in [3.63, 3.8) is 0 Å². The van der Waals surface area contributed by atoms with Gasteiger partial charge in [0.1, 0.15) is 0 Å². The summed E-state index contributed by atoms with van der Waals surface area (Å²) in [5.74, 6) is 0.260. The molecule has 1 aliphatic rings. The van der Waals surface area contributed by atoms with E-state index >= 15 is 0 Å². The van der Waals surface area contributed by atoms with Crippen LogP contribution in [0.4, 0.5) is 0 Å². The van der Waals surface area contributed by atoms with Gasteiger partial charge in [-0.1, -0.05) is 19.9 Å². The van der Waals surface area contributed by atoms with E-state index in [1.165, 1.54) is 4.88 Å². The highest BCUT2D eigenvalue weighted by Gasteiger charge is 2.32. The van der Waals surface area contributed by atoms with Crippen molar-refractivity contribution in [2.75, 3.05) is 6.54 Å². The third-order valence-corrected chi connectivity index (χ3v) is 4.47. The largest absolute Gasteiger partial charge is 0.334 e. The van der Waals surface area contributed by atoms with Gasteiger partial charge in [0.25, 0.3) is 0 Å². The number of nitrogens with one attached hydrogen (secondary N) is 1. The summed E-state index contributed by atoms with van der Waals surface area (Å²) < 4.78 is 0. The van der Waals surface area contributed by atoms with Crippen LogP contribution in [0.25, 0.3) is 0 Å². The standard InChI is InChI=1S/C14H22N2OS/c1-10(2)15-12-6-4-8-16(14(12)17)11(3)13-7-5-9-18-13/h5,7,9-12,15H,4,6,8H2,1-3H3. The van der Waals surface area contributed by atoms with Gasteiger partial charge in [0, 0.05) is 17.5 Å². The zero-order valence-corrected chi connectivity index (χ0v) is 12.2. The monoisotopic (exact) mass is 266 g/mol. The number of piperidine rings is 1. The molecule has 1 aliphatic heterocycles. The summed E-state index contributed by atoms with van der Waals surface area (Å²) in [5.41, 5.74) is 0. The molecular formula is C14H22N2OS. The molecule has 1 amide bonds. The van der Waals surface area contributed by atoms with Crippen LogP contribution < -0.4 is 5.32 Å². The van der Waals surface area contributed by atoms with Gasteiger partial charge < -0.3 is 10.2 Å². The maximum absolute atomic E-state index is 12.5. The molecule has 0 radical (unpaired) electrons. The minimum atomic E-state index is 0.00108. The minimum Gasteiger partial charge on any atom is -0.334 e. The molecule has 2 rings (SSSR count). The van der Waals surface area contributed by atoms with Gasteiger partial charge in [-0.05, 0) is 31.2 Å². The molecule has 1 fully saturated rings. The second-order valence-corrected chi connectivity index (χ2v) is 6.22. The molecule has 0 spiro atoms. The van der Waals surface area contributed by atoms with Crippen molar-refractivity contribution < 1.29 is 4.79 Å². The van der Waals surface area contributed by atoms with Gasteiger partial charge in [-0.15, -0.1) is 11.3 Å². The molecule has 3 nitrogen and oxygen atoms in total. The topological polar surface area (TPSA) is 32.3 Å². The summed E-state index contributed by atoms with van der Waals surface area (Å²) in [5, 5.41) is 5.45. The van der Waals surface area contributed by atoms with Crippen molar-refractivity contribution in [2.45, 2.75) is 51.7 Å². The molecule has 1 saturated heterocycles. The lowest BCUT2D eigenvalue weighted by Crippen LogP contribution is -2.52. The fraction of sp³-hybridized carbons (Fsp3) is 0.643. The molecule has 0 aromatic carbocycles. The van der Waals surface area contributed by atoms with Crippen LogP contribution in [0.15, 0.2) is 17.5 Å². The van der Waals surface area contributed by atoms with Crippen molar-refractivity contribution in [1.29, 1.82) is 0 Å². The Balaban J connectivity index is 2.06. The van der Waals surface area contributed by atoms with Crippen molar-refractivity contribution in [3.8, 4) is 0 Å². The van der Waals surface area contributed by atoms with Crippen molar-refractivity contribution >= 4 is 17.2 Å². The average molecular weight is 266 g/mol. The van der Waals surface area contributed by atoms with E-state index in [1.807, 2.05) is 4.90 Å². The molecule has 0 saturated carbocycles. The first-order chi connectivity index (χ1) is 8.59. The molecule has 18 heavy (non-hydrogen) atoms. The molecular weight excluding hydrogens is 244 g/mol. The Kier molecular flexibility index (Phi) is 4.40. The van der Waals surface area contributed by atoms with Crippen molar-refractivity contribution in [2.24, 2.45) is 0 Å². The number of hydrogen-bond acceptors (Lipinski definition) is 3. The normalized spacial score (nSPS) is 22.6. The first-order valence-corrected chi connectivity index (χ1v) is 7.57. The van der Waals surface area contributed by atoms with E-state index in [2.05, 4.69) is 43.6 Å². The number of nitrogens with zero attached hydrogens (tertiary/aromatic N) is 1. The Morgan fingerprint density at radius 3 is 2.83 bits per heavy atom. The van der Waals surface area contributed by atoms with Crippen LogP contribution in [0, 0.1) is 0 Å². The Hall–Kier alpha value is -0.870. The van der Waals surface area contributed by atoms with Gasteiger partial charge >= 0.3 is 0 Å². The van der Waals surface area contributed by atoms with Gasteiger partial charge in [0.15, 0.2) is 0 Å². The lowest BCUT2D eigenvalue weighted by atomic mass is 10.0. The van der Waals surface area contributed by atoms with Crippen LogP contribution >= 0.6 is 11.3 Å². The number of carbonyl (C=O) groups is 1. The van der Waals surface area contributed by atoms with Gasteiger partial charge in [0.2, 0.25) is 5.91 Å². The molecule has 0 aliphatic carbocycles. The number of thiophene rings is 1. The number of rotatable bonds is 4. The molecule has 4 heteroatoms. The van der Waals surface area contributed by atoms with E-state index in [9.17, 15) is 4.79 Å². The van der Waals surface area contributed by atoms with Crippen molar-refractivity contribution in [3.05, 3.63) is 22.4 Å². The summed E-state index contributed by atoms with van der Waals surface area (Å²) in [6.07, 6.45) is 2.05. The number of likely N-dealkylation sites (tertiary alicyclic amines) is 1. The minimum absolute atomic E-state index is 0.00108. The summed E-state index contributed by atoms with van der Waals surface area (Å²) in [7, 11) is 0. The van der Waals surface area contributed by atoms with Crippen LogP contribution in [-0.4, -0.2) is 29.4 Å². The summed E-state index contributed by atoms with van der Waals surface area (Å²) in [4.78, 5) is 15.8. The van der Waals surface area contributed by atoms with E-state index in [1.54, 1.807) is 11.3 Å². The smallest absolute Gasteiger partial charge is 0.240 e. The Morgan fingerprint density at radius 2 is 2.22 bits per heavy atom. The Labute approximate surface area is 113 Å². The third-order valence-electron chi connectivity index (χ3n) is 3.43. The Bertz CT molecular complexity index is 389. The maximum Gasteiger partial charge on any atom is 0.240 e. The molecule has 1 aromatic rings. The molecule has 100 valence electrons. The lowest BCUT2D eigenvalue weighted by molar-refractivity contribution is -0.138. The van der Waals surface area contributed by atoms with E-state index in [-0.39, 0.29) is 18.0 Å². The fourth-order valence-electron chi connectivity index (χ4n) is 2.52. The summed E-state index contributed by atoms with van der Waals surface area (Å²) >= 11 is 1.73. The van der Waals surface area contributed by atoms with E-state index < -0.39 is 0 Å². The van der Waals surface area contributed by atoms with Gasteiger partial charge in [-0.3, -0.25) is 4.79 Å². The molecule has 1 aromatic heterocycles. The highest BCUT2D eigenvalue weighted by molar-refractivity contribution is 7.10. The van der Waals surface area contributed by atoms with Gasteiger partial charge in [-0.2, -0.15) is 0 Å². The predicted octanol–water partition coefficient (Wildman–Crippen LogP) is 2.80. The number of carbonyl (C=O) groups excluding carboxylic acids is 1. The molecule has 2 heterocycles. The van der Waals surface area contributed by atoms with E-state index in [0.29, 0.717) is 6.04 Å². The third kappa shape index (κ3) is 2.93. The fourth-order valence-corrected chi connectivity index (χ4v) is 3.32. The Morgan fingerprint density at radius 1 is 1.44 bits per heavy atom. The average Bonchev–Trinajstić information content (AvgIpc) is 2.84. The predicted molar refractivity (Wildman–Crippen MR) is 75.7 cm³/mol. The second kappa shape index (κ2) is 5.85. The summed E-state index contributed by atoms with van der Waals surface area (Å²) in [6, 6.07) is 4.73. The second-order valence-electron chi connectivity index (χ2n) is 5.24. The van der Waals surface area contributed by atoms with Crippen LogP contribution in [0.3, 0.4) is 0 Å². The van der Waals surface area contributed by atoms with Crippen LogP contribution in [0.5, 0.6) is 0 Å². The summed E-state index contributed by atoms with van der Waals surface area (Å²) in [6.45, 7) is 7.19. The number of hydrogen-bond donors (Lipinski definition) is 1. The van der Waals surface area contributed by atoms with E-state index in [0.717, 1.165) is 19.4 Å². The van der Waals surface area contributed by atoms with E-state index in [4.69, 9.17) is 0 Å². The molecule has 0 bridgehead atoms. The van der Waals surface area contributed by atoms with Gasteiger partial charge in [-0.25, -0.2) is 0 Å². The molecule has 1 N–H and O–H groups in total. The van der Waals surface area contributed by atoms with Crippen LogP contribution in [-0.2, 0) is 4.79 Å². The first-order valence-electron chi connectivity index (χ1n) is 6.69. The highest BCUT2D eigenvalue weighted by Crippen LogP contribution is 2.28. The lowest BCUT2D eigenvalue weighted by Gasteiger charge is -2.37. The molecule has 2 unspecified atom stereocenters. The van der Waals surface area contributed by atoms with Crippen LogP contribution in [0.1, 0.15) is 44.5 Å². The molecule has 2 atom stereocenters. The van der Waals surface area contributed by atoms with Crippen LogP contribution in [0.2, 0.25) is 0 Å². The van der Waals surface area contributed by atoms with Crippen molar-refractivity contribution in [1.82, 2.24) is 10.2 Å². The SMILES string of the molecule is CC(C)NC1CCCN(C(C)c2cccs2)C1=O. The zero-order chi connectivity index (χ0) is 13.1. The quantitative estimate of drug-likeness (QED) is 0.909. The first kappa shape index (κ1) is 13.6. The van der Waals surface area contributed by atoms with Gasteiger partial charge in [0.05, 0.1) is 12.1 Å². The zero-order valence-electron chi connectivity index (χ0n) is 11.3. The highest BCUT2D eigenvalue weighted by atomic mass is 32.1. The number of amides is 1. The maximum atomic E-state index is 12.5.